The summed E-state index contributed by atoms with van der Waals surface area (Å²) in [7, 11) is 0. The maximum absolute atomic E-state index is 12.3. The van der Waals surface area contributed by atoms with Gasteiger partial charge in [-0.1, -0.05) is 30.3 Å². The fraction of sp³-hybridized carbons (Fsp3) is 0.588. The predicted molar refractivity (Wildman–Crippen MR) is 81.8 cm³/mol. The van der Waals surface area contributed by atoms with Gasteiger partial charge < -0.3 is 14.7 Å². The second kappa shape index (κ2) is 6.48. The number of carbonyl (C=O) groups is 1. The summed E-state index contributed by atoms with van der Waals surface area (Å²) in [6, 6.07) is 9.82. The predicted octanol–water partition coefficient (Wildman–Crippen LogP) is 3.19. The molecule has 2 atom stereocenters. The largest absolute Gasteiger partial charge is 0.445 e. The van der Waals surface area contributed by atoms with Gasteiger partial charge in [0, 0.05) is 18.5 Å². The van der Waals surface area contributed by atoms with E-state index in [1.165, 1.54) is 0 Å². The number of likely N-dealkylation sites (tertiary alicyclic amines) is 1. The Bertz CT molecular complexity index is 467. The zero-order chi connectivity index (χ0) is 15.5. The fourth-order valence-electron chi connectivity index (χ4n) is 2.74. The summed E-state index contributed by atoms with van der Waals surface area (Å²) in [5, 5.41) is 10.2. The van der Waals surface area contributed by atoms with Gasteiger partial charge in [-0.05, 0) is 39.2 Å². The quantitative estimate of drug-likeness (QED) is 0.930. The van der Waals surface area contributed by atoms with Gasteiger partial charge in [-0.15, -0.1) is 0 Å². The van der Waals surface area contributed by atoms with E-state index in [0.29, 0.717) is 6.54 Å². The molecule has 2 rings (SSSR count). The molecule has 1 aliphatic rings. The van der Waals surface area contributed by atoms with Crippen LogP contribution < -0.4 is 0 Å². The van der Waals surface area contributed by atoms with E-state index in [-0.39, 0.29) is 24.7 Å². The van der Waals surface area contributed by atoms with Crippen LogP contribution in [-0.4, -0.2) is 34.3 Å². The molecule has 0 aliphatic carbocycles. The Balaban J connectivity index is 1.93. The van der Waals surface area contributed by atoms with Crippen LogP contribution in [-0.2, 0) is 11.3 Å². The van der Waals surface area contributed by atoms with E-state index < -0.39 is 5.60 Å². The van der Waals surface area contributed by atoms with Gasteiger partial charge in [0.1, 0.15) is 6.61 Å². The number of aliphatic hydroxyl groups is 1. The number of ether oxygens (including phenoxy) is 1. The second-order valence-electron chi connectivity index (χ2n) is 6.47. The molecule has 1 heterocycles. The second-order valence-corrected chi connectivity index (χ2v) is 6.47. The van der Waals surface area contributed by atoms with E-state index in [1.54, 1.807) is 18.7 Å². The molecular formula is C17H25NO3. The highest BCUT2D eigenvalue weighted by atomic mass is 16.6. The van der Waals surface area contributed by atoms with Crippen molar-refractivity contribution in [2.75, 3.05) is 6.54 Å². The van der Waals surface area contributed by atoms with Crippen LogP contribution in [0.2, 0.25) is 0 Å². The molecule has 0 radical (unpaired) electrons. The molecule has 1 N–H and O–H groups in total. The summed E-state index contributed by atoms with van der Waals surface area (Å²) in [6.45, 7) is 6.49. The highest BCUT2D eigenvalue weighted by Gasteiger charge is 2.36. The van der Waals surface area contributed by atoms with Crippen molar-refractivity contribution < 1.29 is 14.6 Å². The van der Waals surface area contributed by atoms with Crippen molar-refractivity contribution in [1.82, 2.24) is 4.90 Å². The van der Waals surface area contributed by atoms with E-state index >= 15 is 0 Å². The van der Waals surface area contributed by atoms with Crippen molar-refractivity contribution in [3.8, 4) is 0 Å². The molecule has 4 nitrogen and oxygen atoms in total. The smallest absolute Gasteiger partial charge is 0.410 e. The van der Waals surface area contributed by atoms with Gasteiger partial charge in [0.25, 0.3) is 0 Å². The highest BCUT2D eigenvalue weighted by molar-refractivity contribution is 5.68. The number of hydrogen-bond acceptors (Lipinski definition) is 3. The summed E-state index contributed by atoms with van der Waals surface area (Å²) in [4.78, 5) is 14.0. The molecule has 1 saturated heterocycles. The molecule has 0 unspecified atom stereocenters. The monoisotopic (exact) mass is 291 g/mol. The topological polar surface area (TPSA) is 49.8 Å². The molecule has 116 valence electrons. The van der Waals surface area contributed by atoms with Crippen LogP contribution in [0.5, 0.6) is 0 Å². The van der Waals surface area contributed by atoms with Gasteiger partial charge in [-0.3, -0.25) is 0 Å². The number of rotatable bonds is 3. The highest BCUT2D eigenvalue weighted by Crippen LogP contribution is 2.30. The first-order chi connectivity index (χ1) is 9.88. The van der Waals surface area contributed by atoms with Crippen LogP contribution in [0.1, 0.15) is 39.2 Å². The van der Waals surface area contributed by atoms with Crippen molar-refractivity contribution in [3.05, 3.63) is 35.9 Å². The Labute approximate surface area is 126 Å². The zero-order valence-electron chi connectivity index (χ0n) is 13.1. The maximum Gasteiger partial charge on any atom is 0.410 e. The van der Waals surface area contributed by atoms with Crippen LogP contribution in [0, 0.1) is 5.92 Å². The Morgan fingerprint density at radius 2 is 2.00 bits per heavy atom. The summed E-state index contributed by atoms with van der Waals surface area (Å²) < 4.78 is 5.40. The lowest BCUT2D eigenvalue weighted by atomic mass is 9.82. The van der Waals surface area contributed by atoms with Crippen LogP contribution in [0.15, 0.2) is 30.3 Å². The van der Waals surface area contributed by atoms with Gasteiger partial charge in [-0.2, -0.15) is 0 Å². The van der Waals surface area contributed by atoms with Crippen molar-refractivity contribution in [3.63, 3.8) is 0 Å². The number of benzene rings is 1. The first kappa shape index (κ1) is 15.8. The molecule has 0 saturated carbocycles. The zero-order valence-corrected chi connectivity index (χ0v) is 13.1. The molecule has 1 aliphatic heterocycles. The third-order valence-corrected chi connectivity index (χ3v) is 4.32. The SMILES string of the molecule is C[C@H]1CC[C@H](C(C)(C)O)CN1C(=O)OCc1ccccc1. The maximum atomic E-state index is 12.3. The summed E-state index contributed by atoms with van der Waals surface area (Å²) in [6.07, 6.45) is 1.54. The normalized spacial score (nSPS) is 23.0. The van der Waals surface area contributed by atoms with Gasteiger partial charge in [0.05, 0.1) is 5.60 Å². The van der Waals surface area contributed by atoms with Gasteiger partial charge in [0.2, 0.25) is 0 Å². The van der Waals surface area contributed by atoms with E-state index in [1.807, 2.05) is 37.3 Å². The summed E-state index contributed by atoms with van der Waals surface area (Å²) in [5.41, 5.74) is 0.215. The number of piperidine rings is 1. The Kier molecular flexibility index (Phi) is 4.88. The van der Waals surface area contributed by atoms with E-state index in [2.05, 4.69) is 0 Å². The fourth-order valence-corrected chi connectivity index (χ4v) is 2.74. The van der Waals surface area contributed by atoms with Crippen LogP contribution in [0.3, 0.4) is 0 Å². The Morgan fingerprint density at radius 1 is 1.33 bits per heavy atom. The Hall–Kier alpha value is -1.55. The third-order valence-electron chi connectivity index (χ3n) is 4.32. The molecule has 4 heteroatoms. The van der Waals surface area contributed by atoms with Crippen molar-refractivity contribution in [2.45, 2.75) is 51.9 Å². The van der Waals surface area contributed by atoms with Crippen LogP contribution in [0.25, 0.3) is 0 Å². The molecule has 1 aromatic carbocycles. The minimum atomic E-state index is -0.766. The van der Waals surface area contributed by atoms with Gasteiger partial charge in [-0.25, -0.2) is 4.79 Å². The van der Waals surface area contributed by atoms with E-state index in [4.69, 9.17) is 4.74 Å². The molecule has 1 aromatic rings. The molecule has 1 fully saturated rings. The molecule has 0 aromatic heterocycles. The first-order valence-electron chi connectivity index (χ1n) is 7.57. The number of hydrogen-bond donors (Lipinski definition) is 1. The molecule has 0 spiro atoms. The van der Waals surface area contributed by atoms with E-state index in [9.17, 15) is 9.90 Å². The van der Waals surface area contributed by atoms with Crippen molar-refractivity contribution in [1.29, 1.82) is 0 Å². The number of carbonyl (C=O) groups excluding carboxylic acids is 1. The van der Waals surface area contributed by atoms with Crippen LogP contribution in [0.4, 0.5) is 4.79 Å². The van der Waals surface area contributed by atoms with Crippen LogP contribution >= 0.6 is 0 Å². The standard InChI is InChI=1S/C17H25NO3/c1-13-9-10-15(17(2,3)20)11-18(13)16(19)21-12-14-7-5-4-6-8-14/h4-8,13,15,20H,9-12H2,1-3H3/t13-,15-/m0/s1. The van der Waals surface area contributed by atoms with Crippen molar-refractivity contribution in [2.24, 2.45) is 5.92 Å². The number of nitrogens with zero attached hydrogens (tertiary/aromatic N) is 1. The van der Waals surface area contributed by atoms with Crippen molar-refractivity contribution >= 4 is 6.09 Å². The molecule has 0 bridgehead atoms. The Morgan fingerprint density at radius 3 is 2.62 bits per heavy atom. The average molecular weight is 291 g/mol. The molecular weight excluding hydrogens is 266 g/mol. The molecule has 1 amide bonds. The van der Waals surface area contributed by atoms with Gasteiger partial charge >= 0.3 is 6.09 Å². The van der Waals surface area contributed by atoms with Gasteiger partial charge in [0.15, 0.2) is 0 Å². The number of amides is 1. The molecule has 21 heavy (non-hydrogen) atoms. The first-order valence-corrected chi connectivity index (χ1v) is 7.57. The van der Waals surface area contributed by atoms with E-state index in [0.717, 1.165) is 18.4 Å². The summed E-state index contributed by atoms with van der Waals surface area (Å²) in [5.74, 6) is 0.0953. The average Bonchev–Trinajstić information content (AvgIpc) is 2.45. The lowest BCUT2D eigenvalue weighted by molar-refractivity contribution is -0.0293. The minimum absolute atomic E-state index is 0.0953. The lowest BCUT2D eigenvalue weighted by Gasteiger charge is -2.41. The summed E-state index contributed by atoms with van der Waals surface area (Å²) >= 11 is 0. The minimum Gasteiger partial charge on any atom is -0.445 e. The lowest BCUT2D eigenvalue weighted by Crippen LogP contribution is -2.50. The third kappa shape index (κ3) is 4.21.